The minimum Gasteiger partial charge on any atom is -0.497 e. The maximum absolute atomic E-state index is 13.3. The van der Waals surface area contributed by atoms with Gasteiger partial charge in [-0.3, -0.25) is 9.69 Å². The van der Waals surface area contributed by atoms with E-state index in [1.165, 1.54) is 11.8 Å². The number of benzene rings is 3. The van der Waals surface area contributed by atoms with E-state index < -0.39 is 0 Å². The number of methoxy groups -OCH3 is 1. The van der Waals surface area contributed by atoms with Crippen LogP contribution in [-0.2, 0) is 4.79 Å². The molecule has 5 nitrogen and oxygen atoms in total. The Bertz CT molecular complexity index is 1230. The van der Waals surface area contributed by atoms with Crippen LogP contribution in [0.25, 0.3) is 11.3 Å². The topological polar surface area (TPSA) is 66.2 Å². The summed E-state index contributed by atoms with van der Waals surface area (Å²) < 4.78 is 5.22. The number of rotatable bonds is 7. The van der Waals surface area contributed by atoms with Gasteiger partial charge >= 0.3 is 0 Å². The van der Waals surface area contributed by atoms with Crippen LogP contribution in [0.1, 0.15) is 5.56 Å². The van der Waals surface area contributed by atoms with Gasteiger partial charge in [0, 0.05) is 16.9 Å². The lowest BCUT2D eigenvalue weighted by Crippen LogP contribution is -2.27. The summed E-state index contributed by atoms with van der Waals surface area (Å²) in [6.07, 6.45) is 0. The van der Waals surface area contributed by atoms with Gasteiger partial charge in [-0.2, -0.15) is 5.26 Å². The number of pyridine rings is 1. The zero-order valence-corrected chi connectivity index (χ0v) is 18.8. The average Bonchev–Trinajstić information content (AvgIpc) is 2.89. The number of anilines is 2. The molecule has 0 bridgehead atoms. The lowest BCUT2D eigenvalue weighted by atomic mass is 10.1. The van der Waals surface area contributed by atoms with Crippen molar-refractivity contribution in [3.63, 3.8) is 0 Å². The fourth-order valence-electron chi connectivity index (χ4n) is 3.34. The van der Waals surface area contributed by atoms with E-state index in [0.29, 0.717) is 10.6 Å². The highest BCUT2D eigenvalue weighted by atomic mass is 32.2. The van der Waals surface area contributed by atoms with Gasteiger partial charge in [0.15, 0.2) is 0 Å². The number of thioether (sulfide) groups is 1. The number of nitriles is 1. The van der Waals surface area contributed by atoms with E-state index in [0.717, 1.165) is 28.4 Å². The Kier molecular flexibility index (Phi) is 7.03. The van der Waals surface area contributed by atoms with Gasteiger partial charge in [0.25, 0.3) is 0 Å². The first kappa shape index (κ1) is 22.1. The van der Waals surface area contributed by atoms with Crippen LogP contribution in [0.4, 0.5) is 11.4 Å². The second-order valence-corrected chi connectivity index (χ2v) is 8.04. The minimum atomic E-state index is -0.0991. The maximum Gasteiger partial charge on any atom is 0.241 e. The quantitative estimate of drug-likeness (QED) is 0.318. The summed E-state index contributed by atoms with van der Waals surface area (Å²) in [5.74, 6) is 0.796. The predicted molar refractivity (Wildman–Crippen MR) is 132 cm³/mol. The van der Waals surface area contributed by atoms with Crippen molar-refractivity contribution in [2.24, 2.45) is 0 Å². The lowest BCUT2D eigenvalue weighted by Gasteiger charge is -2.23. The van der Waals surface area contributed by atoms with Crippen molar-refractivity contribution in [1.82, 2.24) is 4.98 Å². The van der Waals surface area contributed by atoms with Crippen LogP contribution in [0.15, 0.2) is 102 Å². The summed E-state index contributed by atoms with van der Waals surface area (Å²) in [5, 5.41) is 10.1. The van der Waals surface area contributed by atoms with E-state index in [1.807, 2.05) is 91.0 Å². The predicted octanol–water partition coefficient (Wildman–Crippen LogP) is 6.09. The molecule has 0 aliphatic heterocycles. The maximum atomic E-state index is 13.3. The van der Waals surface area contributed by atoms with E-state index in [9.17, 15) is 10.1 Å². The Morgan fingerprint density at radius 1 is 0.909 bits per heavy atom. The van der Waals surface area contributed by atoms with Crippen LogP contribution in [0, 0.1) is 11.3 Å². The van der Waals surface area contributed by atoms with Gasteiger partial charge in [-0.05, 0) is 60.7 Å². The van der Waals surface area contributed by atoms with Crippen LogP contribution in [0.3, 0.4) is 0 Å². The summed E-state index contributed by atoms with van der Waals surface area (Å²) >= 11 is 1.26. The molecule has 0 aliphatic carbocycles. The lowest BCUT2D eigenvalue weighted by molar-refractivity contribution is -0.115. The van der Waals surface area contributed by atoms with Crippen molar-refractivity contribution in [3.05, 3.63) is 103 Å². The molecule has 0 N–H and O–H groups in total. The van der Waals surface area contributed by atoms with Crippen molar-refractivity contribution < 1.29 is 9.53 Å². The van der Waals surface area contributed by atoms with Crippen molar-refractivity contribution >= 4 is 29.0 Å². The molecule has 3 aromatic carbocycles. The van der Waals surface area contributed by atoms with Crippen LogP contribution < -0.4 is 9.64 Å². The van der Waals surface area contributed by atoms with Crippen LogP contribution >= 0.6 is 11.8 Å². The molecule has 33 heavy (non-hydrogen) atoms. The Hall–Kier alpha value is -4.08. The SMILES string of the molecule is COc1ccc(-c2ccc(C#N)c(SCC(=O)N(c3ccccc3)c3ccccc3)n2)cc1. The normalized spacial score (nSPS) is 10.3. The molecule has 0 atom stereocenters. The van der Waals surface area contributed by atoms with Crippen molar-refractivity contribution in [1.29, 1.82) is 5.26 Å². The van der Waals surface area contributed by atoms with Crippen molar-refractivity contribution in [2.75, 3.05) is 17.8 Å². The number of carbonyl (C=O) groups is 1. The highest BCUT2D eigenvalue weighted by Crippen LogP contribution is 2.30. The third-order valence-corrected chi connectivity index (χ3v) is 5.95. The van der Waals surface area contributed by atoms with Crippen LogP contribution in [-0.4, -0.2) is 23.8 Å². The molecular weight excluding hydrogens is 430 g/mol. The molecule has 0 unspecified atom stereocenters. The van der Waals surface area contributed by atoms with Gasteiger partial charge < -0.3 is 4.74 Å². The number of amides is 1. The zero-order valence-electron chi connectivity index (χ0n) is 18.0. The Labute approximate surface area is 197 Å². The van der Waals surface area contributed by atoms with E-state index in [1.54, 1.807) is 18.1 Å². The number of para-hydroxylation sites is 2. The van der Waals surface area contributed by atoms with Crippen molar-refractivity contribution in [2.45, 2.75) is 5.03 Å². The summed E-state index contributed by atoms with van der Waals surface area (Å²) in [7, 11) is 1.62. The highest BCUT2D eigenvalue weighted by molar-refractivity contribution is 8.00. The Morgan fingerprint density at radius 2 is 1.52 bits per heavy atom. The largest absolute Gasteiger partial charge is 0.497 e. The van der Waals surface area contributed by atoms with E-state index in [2.05, 4.69) is 11.1 Å². The molecule has 162 valence electrons. The first-order chi connectivity index (χ1) is 16.2. The summed E-state index contributed by atoms with van der Waals surface area (Å²) in [6.45, 7) is 0. The Morgan fingerprint density at radius 3 is 2.06 bits per heavy atom. The molecule has 4 rings (SSSR count). The van der Waals surface area contributed by atoms with Gasteiger partial charge in [0.1, 0.15) is 16.8 Å². The van der Waals surface area contributed by atoms with Gasteiger partial charge in [0.2, 0.25) is 5.91 Å². The van der Waals surface area contributed by atoms with Crippen molar-refractivity contribution in [3.8, 4) is 23.1 Å². The fraction of sp³-hybridized carbons (Fsp3) is 0.0741. The van der Waals surface area contributed by atoms with E-state index >= 15 is 0 Å². The number of nitrogens with zero attached hydrogens (tertiary/aromatic N) is 3. The van der Waals surface area contributed by atoms with Crippen LogP contribution in [0.2, 0.25) is 0 Å². The molecule has 6 heteroatoms. The van der Waals surface area contributed by atoms with Gasteiger partial charge in [-0.15, -0.1) is 0 Å². The summed E-state index contributed by atoms with van der Waals surface area (Å²) in [6, 6.07) is 32.3. The second-order valence-electron chi connectivity index (χ2n) is 7.08. The molecule has 1 heterocycles. The van der Waals surface area contributed by atoms with Gasteiger partial charge in [-0.25, -0.2) is 4.98 Å². The second kappa shape index (κ2) is 10.5. The van der Waals surface area contributed by atoms with E-state index in [4.69, 9.17) is 4.74 Å². The molecule has 0 saturated heterocycles. The molecule has 1 aromatic heterocycles. The number of carbonyl (C=O) groups excluding carboxylic acids is 1. The number of aromatic nitrogens is 1. The molecule has 0 radical (unpaired) electrons. The third kappa shape index (κ3) is 5.22. The minimum absolute atomic E-state index is 0.0991. The highest BCUT2D eigenvalue weighted by Gasteiger charge is 2.19. The first-order valence-corrected chi connectivity index (χ1v) is 11.3. The monoisotopic (exact) mass is 451 g/mol. The summed E-state index contributed by atoms with van der Waals surface area (Å²) in [4.78, 5) is 19.7. The molecule has 0 fully saturated rings. The number of hydrogen-bond donors (Lipinski definition) is 0. The average molecular weight is 452 g/mol. The molecule has 4 aromatic rings. The van der Waals surface area contributed by atoms with E-state index in [-0.39, 0.29) is 11.7 Å². The Balaban J connectivity index is 1.59. The summed E-state index contributed by atoms with van der Waals surface area (Å²) in [5.41, 5.74) is 3.65. The third-order valence-electron chi connectivity index (χ3n) is 4.98. The van der Waals surface area contributed by atoms with Gasteiger partial charge in [0.05, 0.1) is 24.1 Å². The number of hydrogen-bond acceptors (Lipinski definition) is 5. The molecule has 1 amide bonds. The molecule has 0 aliphatic rings. The first-order valence-electron chi connectivity index (χ1n) is 10.3. The van der Waals surface area contributed by atoms with Gasteiger partial charge in [-0.1, -0.05) is 48.2 Å². The molecular formula is C27H21N3O2S. The van der Waals surface area contributed by atoms with Crippen LogP contribution in [0.5, 0.6) is 5.75 Å². The zero-order chi connectivity index (χ0) is 23.0. The fourth-order valence-corrected chi connectivity index (χ4v) is 4.17. The molecule has 0 saturated carbocycles. The smallest absolute Gasteiger partial charge is 0.241 e. The number of ether oxygens (including phenoxy) is 1. The standard InChI is InChI=1S/C27H21N3O2S/c1-32-24-15-12-20(13-16-24)25-17-14-21(18-28)27(29-25)33-19-26(31)30(22-8-4-2-5-9-22)23-10-6-3-7-11-23/h2-17H,19H2,1H3. The molecule has 0 spiro atoms.